The largest absolute Gasteiger partial charge is 0.395 e. The van der Waals surface area contributed by atoms with Crippen LogP contribution in [0.15, 0.2) is 18.2 Å². The first kappa shape index (κ1) is 11.0. The summed E-state index contributed by atoms with van der Waals surface area (Å²) in [7, 11) is 1.80. The van der Waals surface area contributed by atoms with Gasteiger partial charge in [-0.1, -0.05) is 17.7 Å². The van der Waals surface area contributed by atoms with Crippen LogP contribution in [0.25, 0.3) is 0 Å². The first-order chi connectivity index (χ1) is 6.70. The van der Waals surface area contributed by atoms with Crippen LogP contribution in [-0.2, 0) is 0 Å². The fourth-order valence-electron chi connectivity index (χ4n) is 1.25. The van der Waals surface area contributed by atoms with Crippen LogP contribution in [0.2, 0.25) is 5.02 Å². The fraction of sp³-hybridized carbons (Fsp3) is 0.300. The Hall–Kier alpha value is -1.06. The van der Waals surface area contributed by atoms with Crippen molar-refractivity contribution < 1.29 is 9.90 Å². The number of aliphatic hydroxyl groups excluding tert-OH is 1. The average Bonchev–Trinajstić information content (AvgIpc) is 2.17. The number of aldehydes is 1. The van der Waals surface area contributed by atoms with Crippen LogP contribution in [0.5, 0.6) is 0 Å². The van der Waals surface area contributed by atoms with Gasteiger partial charge in [-0.15, -0.1) is 0 Å². The third-order valence-electron chi connectivity index (χ3n) is 1.99. The summed E-state index contributed by atoms with van der Waals surface area (Å²) < 4.78 is 0. The minimum Gasteiger partial charge on any atom is -0.395 e. The first-order valence-electron chi connectivity index (χ1n) is 4.26. The van der Waals surface area contributed by atoms with Gasteiger partial charge in [-0.2, -0.15) is 0 Å². The molecule has 3 nitrogen and oxygen atoms in total. The van der Waals surface area contributed by atoms with Gasteiger partial charge in [0.25, 0.3) is 0 Å². The van der Waals surface area contributed by atoms with Crippen molar-refractivity contribution in [2.24, 2.45) is 0 Å². The van der Waals surface area contributed by atoms with Crippen molar-refractivity contribution in [2.45, 2.75) is 0 Å². The van der Waals surface area contributed by atoms with E-state index < -0.39 is 0 Å². The van der Waals surface area contributed by atoms with Crippen molar-refractivity contribution in [3.63, 3.8) is 0 Å². The summed E-state index contributed by atoms with van der Waals surface area (Å²) >= 11 is 5.85. The van der Waals surface area contributed by atoms with Gasteiger partial charge in [0.1, 0.15) is 0 Å². The molecule has 1 aromatic carbocycles. The molecule has 0 atom stereocenters. The second-order valence-electron chi connectivity index (χ2n) is 2.94. The van der Waals surface area contributed by atoms with E-state index in [0.29, 0.717) is 17.1 Å². The minimum absolute atomic E-state index is 0.0430. The van der Waals surface area contributed by atoms with Gasteiger partial charge in [-0.25, -0.2) is 0 Å². The Bertz CT molecular complexity index is 328. The molecule has 14 heavy (non-hydrogen) atoms. The molecule has 0 aromatic heterocycles. The molecule has 0 bridgehead atoms. The number of hydrogen-bond donors (Lipinski definition) is 1. The molecule has 0 unspecified atom stereocenters. The van der Waals surface area contributed by atoms with Gasteiger partial charge in [0.2, 0.25) is 0 Å². The van der Waals surface area contributed by atoms with E-state index in [-0.39, 0.29) is 6.61 Å². The van der Waals surface area contributed by atoms with Gasteiger partial charge in [-0.05, 0) is 12.1 Å². The van der Waals surface area contributed by atoms with Gasteiger partial charge in [0.15, 0.2) is 6.29 Å². The Kier molecular flexibility index (Phi) is 3.92. The van der Waals surface area contributed by atoms with Crippen molar-refractivity contribution in [1.82, 2.24) is 0 Å². The summed E-state index contributed by atoms with van der Waals surface area (Å²) in [6, 6.07) is 5.24. The number of carbonyl (C=O) groups is 1. The van der Waals surface area contributed by atoms with E-state index >= 15 is 0 Å². The van der Waals surface area contributed by atoms with Crippen LogP contribution in [0, 0.1) is 0 Å². The normalized spacial score (nSPS) is 9.93. The third kappa shape index (κ3) is 2.25. The predicted octanol–water partition coefficient (Wildman–Crippen LogP) is 1.58. The highest BCUT2D eigenvalue weighted by molar-refractivity contribution is 6.33. The van der Waals surface area contributed by atoms with Crippen molar-refractivity contribution in [1.29, 1.82) is 0 Å². The number of carbonyl (C=O) groups excluding carboxylic acids is 1. The highest BCUT2D eigenvalue weighted by atomic mass is 35.5. The lowest BCUT2D eigenvalue weighted by Crippen LogP contribution is -2.22. The molecule has 1 rings (SSSR count). The van der Waals surface area contributed by atoms with E-state index in [0.717, 1.165) is 12.0 Å². The number of hydrogen-bond acceptors (Lipinski definition) is 3. The second-order valence-corrected chi connectivity index (χ2v) is 3.34. The molecule has 0 saturated heterocycles. The monoisotopic (exact) mass is 213 g/mol. The van der Waals surface area contributed by atoms with E-state index in [9.17, 15) is 4.79 Å². The van der Waals surface area contributed by atoms with E-state index in [1.807, 2.05) is 0 Å². The number of likely N-dealkylation sites (N-methyl/N-ethyl adjacent to an activating group) is 1. The molecule has 0 heterocycles. The van der Waals surface area contributed by atoms with Crippen LogP contribution in [0.1, 0.15) is 10.4 Å². The zero-order valence-electron chi connectivity index (χ0n) is 7.90. The first-order valence-corrected chi connectivity index (χ1v) is 4.64. The number of halogens is 1. The van der Waals surface area contributed by atoms with E-state index in [1.54, 1.807) is 30.1 Å². The smallest absolute Gasteiger partial charge is 0.153 e. The highest BCUT2D eigenvalue weighted by Gasteiger charge is 2.09. The maximum absolute atomic E-state index is 10.8. The second kappa shape index (κ2) is 4.98. The number of nitrogens with zero attached hydrogens (tertiary/aromatic N) is 1. The Morgan fingerprint density at radius 1 is 1.57 bits per heavy atom. The molecule has 1 N–H and O–H groups in total. The molecule has 0 aliphatic heterocycles. The Morgan fingerprint density at radius 3 is 2.86 bits per heavy atom. The average molecular weight is 214 g/mol. The summed E-state index contributed by atoms with van der Waals surface area (Å²) in [5.74, 6) is 0. The zero-order valence-corrected chi connectivity index (χ0v) is 8.66. The zero-order chi connectivity index (χ0) is 10.6. The maximum atomic E-state index is 10.8. The Balaban J connectivity index is 3.06. The summed E-state index contributed by atoms with van der Waals surface area (Å²) in [6.07, 6.45) is 0.728. The lowest BCUT2D eigenvalue weighted by molar-refractivity contribution is 0.112. The van der Waals surface area contributed by atoms with Crippen LogP contribution in [0.3, 0.4) is 0 Å². The molecule has 0 fully saturated rings. The van der Waals surface area contributed by atoms with Crippen LogP contribution >= 0.6 is 11.6 Å². The SMILES string of the molecule is CN(CCO)c1cccc(Cl)c1C=O. The van der Waals surface area contributed by atoms with Crippen molar-refractivity contribution in [3.05, 3.63) is 28.8 Å². The quantitative estimate of drug-likeness (QED) is 0.773. The molecule has 0 saturated carbocycles. The summed E-state index contributed by atoms with van der Waals surface area (Å²) in [5, 5.41) is 9.20. The topological polar surface area (TPSA) is 40.5 Å². The molecule has 1 aromatic rings. The number of anilines is 1. The lowest BCUT2D eigenvalue weighted by Gasteiger charge is -2.19. The van der Waals surface area contributed by atoms with Crippen molar-refractivity contribution >= 4 is 23.6 Å². The van der Waals surface area contributed by atoms with E-state index in [2.05, 4.69) is 0 Å². The standard InChI is InChI=1S/C10H12ClNO2/c1-12(5-6-13)10-4-2-3-9(11)8(10)7-14/h2-4,7,13H,5-6H2,1H3. The molecule has 0 aliphatic carbocycles. The molecule has 4 heteroatoms. The van der Waals surface area contributed by atoms with E-state index in [1.165, 1.54) is 0 Å². The summed E-state index contributed by atoms with van der Waals surface area (Å²) in [6.45, 7) is 0.516. The van der Waals surface area contributed by atoms with Gasteiger partial charge in [0.05, 0.1) is 17.2 Å². The predicted molar refractivity (Wildman–Crippen MR) is 57.2 cm³/mol. The minimum atomic E-state index is 0.0430. The van der Waals surface area contributed by atoms with E-state index in [4.69, 9.17) is 16.7 Å². The molecule has 0 amide bonds. The highest BCUT2D eigenvalue weighted by Crippen LogP contribution is 2.24. The number of rotatable bonds is 4. The summed E-state index contributed by atoms with van der Waals surface area (Å²) in [4.78, 5) is 12.6. The van der Waals surface area contributed by atoms with Crippen molar-refractivity contribution in [3.8, 4) is 0 Å². The van der Waals surface area contributed by atoms with Gasteiger partial charge < -0.3 is 10.0 Å². The van der Waals surface area contributed by atoms with Crippen LogP contribution < -0.4 is 4.90 Å². The molecule has 0 aliphatic rings. The number of benzene rings is 1. The van der Waals surface area contributed by atoms with Gasteiger partial charge >= 0.3 is 0 Å². The van der Waals surface area contributed by atoms with Gasteiger partial charge in [0, 0.05) is 19.3 Å². The van der Waals surface area contributed by atoms with Crippen LogP contribution in [0.4, 0.5) is 5.69 Å². The Labute approximate surface area is 87.9 Å². The van der Waals surface area contributed by atoms with Crippen LogP contribution in [-0.4, -0.2) is 31.6 Å². The molecule has 0 spiro atoms. The maximum Gasteiger partial charge on any atom is 0.153 e. The lowest BCUT2D eigenvalue weighted by atomic mass is 10.2. The molecule has 0 radical (unpaired) electrons. The van der Waals surface area contributed by atoms with Gasteiger partial charge in [-0.3, -0.25) is 4.79 Å². The third-order valence-corrected chi connectivity index (χ3v) is 2.32. The molecule has 76 valence electrons. The van der Waals surface area contributed by atoms with Crippen molar-refractivity contribution in [2.75, 3.05) is 25.1 Å². The molecular formula is C10H12ClNO2. The fourth-order valence-corrected chi connectivity index (χ4v) is 1.46. The summed E-state index contributed by atoms with van der Waals surface area (Å²) in [5.41, 5.74) is 1.20. The molecular weight excluding hydrogens is 202 g/mol. The Morgan fingerprint density at radius 2 is 2.29 bits per heavy atom. The number of aliphatic hydroxyl groups is 1.